The topological polar surface area (TPSA) is 67.2 Å². The van der Waals surface area contributed by atoms with E-state index < -0.39 is 0 Å². The van der Waals surface area contributed by atoms with Crippen LogP contribution in [0.3, 0.4) is 0 Å². The Morgan fingerprint density at radius 2 is 2.29 bits per heavy atom. The summed E-state index contributed by atoms with van der Waals surface area (Å²) in [6, 6.07) is 0. The number of aliphatic hydroxyl groups excluding tert-OH is 1. The number of hydrogen-bond acceptors (Lipinski definition) is 4. The number of aromatic nitrogens is 2. The molecule has 1 aromatic rings. The van der Waals surface area contributed by atoms with Crippen LogP contribution in [0.25, 0.3) is 0 Å². The minimum Gasteiger partial charge on any atom is -0.393 e. The molecule has 2 unspecified atom stereocenters. The number of nitrogens with zero attached hydrogens (tertiary/aromatic N) is 2. The van der Waals surface area contributed by atoms with Crippen molar-refractivity contribution in [2.24, 2.45) is 13.0 Å². The van der Waals surface area contributed by atoms with E-state index in [0.717, 1.165) is 25.7 Å². The van der Waals surface area contributed by atoms with Crippen molar-refractivity contribution in [1.29, 1.82) is 0 Å². The molecule has 1 heterocycles. The van der Waals surface area contributed by atoms with Gasteiger partial charge in [-0.3, -0.25) is 4.79 Å². The van der Waals surface area contributed by atoms with Crippen molar-refractivity contribution in [3.05, 3.63) is 22.7 Å². The molecule has 94 valence electrons. The van der Waals surface area contributed by atoms with Crippen LogP contribution in [-0.2, 0) is 7.05 Å². The molecule has 1 aliphatic rings. The van der Waals surface area contributed by atoms with Gasteiger partial charge in [-0.1, -0.05) is 12.8 Å². The Balaban J connectivity index is 1.97. The molecule has 0 spiro atoms. The molecule has 5 heteroatoms. The number of hydrogen-bond donors (Lipinski definition) is 2. The third-order valence-corrected chi connectivity index (χ3v) is 3.42. The number of nitrogens with one attached hydrogen (secondary N) is 1. The average molecular weight is 237 g/mol. The fourth-order valence-electron chi connectivity index (χ4n) is 2.27. The summed E-state index contributed by atoms with van der Waals surface area (Å²) in [5, 5.41) is 12.9. The number of aliphatic hydroxyl groups is 1. The molecular formula is C12H19N3O2. The van der Waals surface area contributed by atoms with E-state index in [2.05, 4.69) is 10.3 Å². The van der Waals surface area contributed by atoms with E-state index in [-0.39, 0.29) is 17.6 Å². The molecule has 2 N–H and O–H groups in total. The summed E-state index contributed by atoms with van der Waals surface area (Å²) in [7, 11) is 1.70. The van der Waals surface area contributed by atoms with Gasteiger partial charge in [0, 0.05) is 31.9 Å². The second kappa shape index (κ2) is 5.31. The Bertz CT molecular complexity index is 430. The average Bonchev–Trinajstić information content (AvgIpc) is 2.33. The molecule has 17 heavy (non-hydrogen) atoms. The number of anilines is 1. The molecule has 2 atom stereocenters. The number of aryl methyl sites for hydroxylation is 1. The first-order valence-corrected chi connectivity index (χ1v) is 6.12. The minimum atomic E-state index is -0.246. The zero-order valence-corrected chi connectivity index (χ0v) is 10.1. The van der Waals surface area contributed by atoms with Gasteiger partial charge in [0.25, 0.3) is 5.56 Å². The maximum absolute atomic E-state index is 11.7. The fraction of sp³-hybridized carbons (Fsp3) is 0.667. The van der Waals surface area contributed by atoms with Crippen LogP contribution in [0, 0.1) is 5.92 Å². The Hall–Kier alpha value is -1.36. The van der Waals surface area contributed by atoms with Crippen molar-refractivity contribution in [2.75, 3.05) is 11.9 Å². The van der Waals surface area contributed by atoms with E-state index in [1.54, 1.807) is 19.4 Å². The minimum absolute atomic E-state index is 0.127. The normalized spacial score (nSPS) is 24.6. The van der Waals surface area contributed by atoms with Gasteiger partial charge in [-0.25, -0.2) is 4.98 Å². The van der Waals surface area contributed by atoms with Crippen LogP contribution >= 0.6 is 0 Å². The van der Waals surface area contributed by atoms with Gasteiger partial charge in [0.1, 0.15) is 0 Å². The zero-order chi connectivity index (χ0) is 12.3. The summed E-state index contributed by atoms with van der Waals surface area (Å²) in [6.45, 7) is 0.618. The zero-order valence-electron chi connectivity index (χ0n) is 10.1. The van der Waals surface area contributed by atoms with Crippen LogP contribution in [0.4, 0.5) is 5.82 Å². The first kappa shape index (κ1) is 12.1. The van der Waals surface area contributed by atoms with Crippen LogP contribution in [0.2, 0.25) is 0 Å². The molecule has 0 bridgehead atoms. The van der Waals surface area contributed by atoms with Gasteiger partial charge in [0.15, 0.2) is 5.82 Å². The lowest BCUT2D eigenvalue weighted by Crippen LogP contribution is -2.32. The van der Waals surface area contributed by atoms with Crippen molar-refractivity contribution < 1.29 is 5.11 Å². The highest BCUT2D eigenvalue weighted by Gasteiger charge is 2.22. The third-order valence-electron chi connectivity index (χ3n) is 3.42. The maximum atomic E-state index is 11.7. The fourth-order valence-corrected chi connectivity index (χ4v) is 2.27. The predicted octanol–water partition coefficient (Wildman–Crippen LogP) is 0.743. The molecule has 0 amide bonds. The highest BCUT2D eigenvalue weighted by Crippen LogP contribution is 2.24. The lowest BCUT2D eigenvalue weighted by molar-refractivity contribution is 0.0763. The van der Waals surface area contributed by atoms with Gasteiger partial charge in [-0.15, -0.1) is 0 Å². The maximum Gasteiger partial charge on any atom is 0.293 e. The third kappa shape index (κ3) is 2.85. The molecule has 0 aliphatic heterocycles. The first-order valence-electron chi connectivity index (χ1n) is 6.12. The molecule has 0 radical (unpaired) electrons. The number of rotatable bonds is 3. The van der Waals surface area contributed by atoms with Crippen molar-refractivity contribution in [3.63, 3.8) is 0 Å². The van der Waals surface area contributed by atoms with Gasteiger partial charge in [-0.05, 0) is 12.8 Å². The van der Waals surface area contributed by atoms with Gasteiger partial charge >= 0.3 is 0 Å². The van der Waals surface area contributed by atoms with Gasteiger partial charge in [-0.2, -0.15) is 0 Å². The van der Waals surface area contributed by atoms with Crippen LogP contribution in [0.1, 0.15) is 25.7 Å². The summed E-state index contributed by atoms with van der Waals surface area (Å²) in [6.07, 6.45) is 7.12. The van der Waals surface area contributed by atoms with E-state index in [1.165, 1.54) is 4.57 Å². The Morgan fingerprint density at radius 3 is 3.06 bits per heavy atom. The molecule has 1 aliphatic carbocycles. The standard InChI is InChI=1S/C12H19N3O2/c1-15-7-6-13-11(12(15)17)14-8-9-4-2-3-5-10(9)16/h6-7,9-10,16H,2-5,8H2,1H3,(H,13,14). The molecule has 0 saturated heterocycles. The molecule has 1 saturated carbocycles. The van der Waals surface area contributed by atoms with Crippen LogP contribution < -0.4 is 10.9 Å². The van der Waals surface area contributed by atoms with Crippen LogP contribution in [0.15, 0.2) is 17.2 Å². The molecule has 1 fully saturated rings. The summed E-state index contributed by atoms with van der Waals surface area (Å²) < 4.78 is 1.49. The van der Waals surface area contributed by atoms with Gasteiger partial charge in [0.05, 0.1) is 6.10 Å². The van der Waals surface area contributed by atoms with Gasteiger partial charge in [0.2, 0.25) is 0 Å². The van der Waals surface area contributed by atoms with Gasteiger partial charge < -0.3 is 15.0 Å². The molecular weight excluding hydrogens is 218 g/mol. The van der Waals surface area contributed by atoms with E-state index in [9.17, 15) is 9.90 Å². The second-order valence-electron chi connectivity index (χ2n) is 4.68. The Kier molecular flexibility index (Phi) is 3.78. The summed E-state index contributed by atoms with van der Waals surface area (Å²) in [5.74, 6) is 0.600. The van der Waals surface area contributed by atoms with Crippen molar-refractivity contribution in [1.82, 2.24) is 9.55 Å². The van der Waals surface area contributed by atoms with E-state index >= 15 is 0 Å². The summed E-state index contributed by atoms with van der Waals surface area (Å²) >= 11 is 0. The summed E-state index contributed by atoms with van der Waals surface area (Å²) in [5.41, 5.74) is -0.127. The Morgan fingerprint density at radius 1 is 1.53 bits per heavy atom. The summed E-state index contributed by atoms with van der Waals surface area (Å²) in [4.78, 5) is 15.7. The molecule has 1 aromatic heterocycles. The van der Waals surface area contributed by atoms with Crippen LogP contribution in [-0.4, -0.2) is 27.3 Å². The SMILES string of the molecule is Cn1ccnc(NCC2CCCCC2O)c1=O. The first-order chi connectivity index (χ1) is 8.18. The van der Waals surface area contributed by atoms with E-state index in [0.29, 0.717) is 12.4 Å². The van der Waals surface area contributed by atoms with Crippen molar-refractivity contribution in [3.8, 4) is 0 Å². The largest absolute Gasteiger partial charge is 0.393 e. The highest BCUT2D eigenvalue weighted by atomic mass is 16.3. The van der Waals surface area contributed by atoms with E-state index in [4.69, 9.17) is 0 Å². The molecule has 5 nitrogen and oxygen atoms in total. The van der Waals surface area contributed by atoms with Crippen LogP contribution in [0.5, 0.6) is 0 Å². The second-order valence-corrected chi connectivity index (χ2v) is 4.68. The monoisotopic (exact) mass is 237 g/mol. The lowest BCUT2D eigenvalue weighted by atomic mass is 9.86. The highest BCUT2D eigenvalue weighted by molar-refractivity contribution is 5.30. The molecule has 0 aromatic carbocycles. The molecule has 2 rings (SSSR count). The quantitative estimate of drug-likeness (QED) is 0.814. The smallest absolute Gasteiger partial charge is 0.293 e. The van der Waals surface area contributed by atoms with Crippen molar-refractivity contribution in [2.45, 2.75) is 31.8 Å². The Labute approximate surface area is 100 Å². The van der Waals surface area contributed by atoms with Crippen molar-refractivity contribution >= 4 is 5.82 Å². The lowest BCUT2D eigenvalue weighted by Gasteiger charge is -2.27. The predicted molar refractivity (Wildman–Crippen MR) is 65.9 cm³/mol. The van der Waals surface area contributed by atoms with E-state index in [1.807, 2.05) is 0 Å².